The maximum absolute atomic E-state index is 12.6. The molecule has 0 unspecified atom stereocenters. The Kier molecular flexibility index (Phi) is 5.99. The Morgan fingerprint density at radius 2 is 1.19 bits per heavy atom. The van der Waals surface area contributed by atoms with Crippen molar-refractivity contribution < 1.29 is 29.0 Å². The smallest absolute Gasteiger partial charge is 0.868 e. The van der Waals surface area contributed by atoms with Gasteiger partial charge < -0.3 is 5.11 Å². The quantitative estimate of drug-likeness (QED) is 0.189. The number of nitrogens with one attached hydrogen (secondary N) is 1. The zero-order chi connectivity index (χ0) is 27.8. The number of nitrogens with zero attached hydrogens (tertiary/aromatic N) is 1. The first kappa shape index (κ1) is 25.9. The number of H-pyrrole nitrogens is 1. The van der Waals surface area contributed by atoms with Crippen molar-refractivity contribution in [1.82, 2.24) is 4.98 Å². The average Bonchev–Trinajstić information content (AvgIpc) is 3.49. The fraction of sp³-hybridized carbons (Fsp3) is 0. The molecule has 0 aliphatic rings. The van der Waals surface area contributed by atoms with E-state index in [1.807, 2.05) is 30.5 Å². The summed E-state index contributed by atoms with van der Waals surface area (Å²) in [6, 6.07) is 42.5. The normalized spacial score (nSPS) is 11.6. The number of aromatic amines is 1. The summed E-state index contributed by atoms with van der Waals surface area (Å²) in [7, 11) is 0. The number of thiazole rings is 1. The molecular formula is C38H22LiN2OS+. The molecule has 0 saturated heterocycles. The zero-order valence-corrected chi connectivity index (χ0v) is 24.2. The third kappa shape index (κ3) is 3.96. The van der Waals surface area contributed by atoms with E-state index < -0.39 is 0 Å². The van der Waals surface area contributed by atoms with Crippen molar-refractivity contribution in [3.05, 3.63) is 128 Å². The van der Waals surface area contributed by atoms with E-state index in [-0.39, 0.29) is 24.6 Å². The van der Waals surface area contributed by atoms with Gasteiger partial charge in [-0.15, -0.1) is 11.3 Å². The van der Waals surface area contributed by atoms with Crippen molar-refractivity contribution in [1.29, 1.82) is 0 Å². The summed E-state index contributed by atoms with van der Waals surface area (Å²) >= 11 is 1.73. The van der Waals surface area contributed by atoms with Crippen LogP contribution in [-0.4, -0.2) is 4.98 Å². The van der Waals surface area contributed by atoms with Gasteiger partial charge in [0.2, 0.25) is 5.52 Å². The Hall–Kier alpha value is -4.72. The zero-order valence-electron chi connectivity index (χ0n) is 23.4. The first-order valence-corrected chi connectivity index (χ1v) is 14.8. The Labute approximate surface area is 263 Å². The van der Waals surface area contributed by atoms with Crippen LogP contribution in [0.25, 0.3) is 86.3 Å². The van der Waals surface area contributed by atoms with Gasteiger partial charge in [-0.05, 0) is 78.5 Å². The Balaban J connectivity index is 0.00000278. The van der Waals surface area contributed by atoms with Gasteiger partial charge in [-0.25, -0.2) is 9.97 Å². The van der Waals surface area contributed by atoms with Crippen LogP contribution in [0.2, 0.25) is 0 Å². The minimum atomic E-state index is 0. The summed E-state index contributed by atoms with van der Waals surface area (Å²) in [6.45, 7) is 0. The van der Waals surface area contributed by atoms with E-state index in [0.717, 1.165) is 32.6 Å². The van der Waals surface area contributed by atoms with Crippen molar-refractivity contribution >= 4 is 64.8 Å². The van der Waals surface area contributed by atoms with Crippen molar-refractivity contribution in [2.24, 2.45) is 0 Å². The monoisotopic (exact) mass is 561 g/mol. The number of rotatable bonds is 3. The van der Waals surface area contributed by atoms with Crippen molar-refractivity contribution in [2.45, 2.75) is 0 Å². The second-order valence-electron chi connectivity index (χ2n) is 10.8. The van der Waals surface area contributed by atoms with Gasteiger partial charge in [-0.2, -0.15) is 0 Å². The fourth-order valence-electron chi connectivity index (χ4n) is 6.51. The van der Waals surface area contributed by atoms with Crippen LogP contribution in [0.4, 0.5) is 0 Å². The molecule has 0 fully saturated rings. The van der Waals surface area contributed by atoms with Crippen LogP contribution in [0.3, 0.4) is 0 Å². The molecule has 196 valence electrons. The van der Waals surface area contributed by atoms with Gasteiger partial charge in [0.1, 0.15) is 5.01 Å². The number of aromatic nitrogens is 2. The number of para-hydroxylation sites is 1. The van der Waals surface area contributed by atoms with Crippen molar-refractivity contribution in [3.8, 4) is 38.6 Å². The molecule has 9 aromatic rings. The fourth-order valence-corrected chi connectivity index (χ4v) is 7.48. The first-order chi connectivity index (χ1) is 20.7. The first-order valence-electron chi connectivity index (χ1n) is 14.0. The Morgan fingerprint density at radius 3 is 1.95 bits per heavy atom. The van der Waals surface area contributed by atoms with Crippen LogP contribution >= 0.6 is 11.3 Å². The number of pyridine rings is 1. The van der Waals surface area contributed by atoms with Gasteiger partial charge in [0, 0.05) is 11.6 Å². The predicted molar refractivity (Wildman–Crippen MR) is 173 cm³/mol. The summed E-state index contributed by atoms with van der Waals surface area (Å²) in [5, 5.41) is 22.0. The molecule has 0 atom stereocenters. The van der Waals surface area contributed by atoms with Gasteiger partial charge in [-0.1, -0.05) is 97.1 Å². The largest absolute Gasteiger partial charge is 1.00 e. The second kappa shape index (κ2) is 9.93. The summed E-state index contributed by atoms with van der Waals surface area (Å²) in [4.78, 5) is 8.01. The topological polar surface area (TPSA) is 50.1 Å². The summed E-state index contributed by atoms with van der Waals surface area (Å²) < 4.78 is 1.21. The number of benzene rings is 7. The van der Waals surface area contributed by atoms with Crippen LogP contribution in [0, 0.1) is 0 Å². The molecule has 2 heterocycles. The maximum Gasteiger partial charge on any atom is 1.00 e. The van der Waals surface area contributed by atoms with E-state index in [1.165, 1.54) is 48.1 Å². The molecule has 3 nitrogen and oxygen atoms in total. The van der Waals surface area contributed by atoms with Crippen LogP contribution in [0.1, 0.15) is 0 Å². The molecule has 0 aliphatic carbocycles. The van der Waals surface area contributed by atoms with E-state index in [9.17, 15) is 5.11 Å². The van der Waals surface area contributed by atoms with Crippen LogP contribution in [-0.2, 0) is 0 Å². The van der Waals surface area contributed by atoms with Crippen LogP contribution in [0.5, 0.6) is 5.75 Å². The van der Waals surface area contributed by atoms with Gasteiger partial charge in [0.25, 0.3) is 0 Å². The third-order valence-electron chi connectivity index (χ3n) is 8.49. The van der Waals surface area contributed by atoms with Gasteiger partial charge in [0.05, 0.1) is 15.6 Å². The summed E-state index contributed by atoms with van der Waals surface area (Å²) in [5.41, 5.74) is 7.41. The molecular weight excluding hydrogens is 539 g/mol. The SMILES string of the molecule is [Li+].[O-]c1ccc(-c2ccc3ccc4c(-c5ccc(-c6nc7ccccc7s6)cc5)ccc5ccc2c3c54)c2ccc[nH+]c12. The second-order valence-corrected chi connectivity index (χ2v) is 11.8. The molecule has 0 amide bonds. The Bertz CT molecular complexity index is 2450. The van der Waals surface area contributed by atoms with E-state index in [4.69, 9.17) is 4.98 Å². The van der Waals surface area contributed by atoms with E-state index in [0.29, 0.717) is 5.52 Å². The van der Waals surface area contributed by atoms with Crippen molar-refractivity contribution in [3.63, 3.8) is 0 Å². The molecule has 7 aromatic carbocycles. The molecule has 1 N–H and O–H groups in total. The standard InChI is InChI=1S/C38H22N2OS.Li/c41-33-20-19-28(31-4-3-21-39-37(31)33)27-16-12-24-13-17-29-26(15-11-23-14-18-30(27)36(24)35(23)29)22-7-9-25(10-8-22)38-40-32-5-1-2-6-34(32)42-38;/h1-21,41H;/q;+1. The molecule has 0 radical (unpaired) electrons. The van der Waals surface area contributed by atoms with Crippen LogP contribution in [0.15, 0.2) is 128 Å². The van der Waals surface area contributed by atoms with E-state index in [2.05, 4.69) is 96.0 Å². The van der Waals surface area contributed by atoms with Crippen LogP contribution < -0.4 is 29.0 Å². The van der Waals surface area contributed by atoms with E-state index in [1.54, 1.807) is 17.4 Å². The molecule has 0 aliphatic heterocycles. The molecule has 9 rings (SSSR count). The number of hydrogen-bond donors (Lipinski definition) is 0. The Morgan fingerprint density at radius 1 is 0.558 bits per heavy atom. The molecule has 43 heavy (non-hydrogen) atoms. The minimum Gasteiger partial charge on any atom is -0.868 e. The molecule has 2 aromatic heterocycles. The third-order valence-corrected chi connectivity index (χ3v) is 9.57. The number of fused-ring (bicyclic) bond motifs is 2. The average molecular weight is 562 g/mol. The predicted octanol–water partition coefficient (Wildman–Crippen LogP) is 6.24. The van der Waals surface area contributed by atoms with Gasteiger partial charge in [-0.3, -0.25) is 0 Å². The van der Waals surface area contributed by atoms with Crippen molar-refractivity contribution in [2.75, 3.05) is 0 Å². The minimum absolute atomic E-state index is 0. The molecule has 0 spiro atoms. The van der Waals surface area contributed by atoms with Gasteiger partial charge >= 0.3 is 18.9 Å². The molecule has 0 bridgehead atoms. The summed E-state index contributed by atoms with van der Waals surface area (Å²) in [6.07, 6.45) is 1.81. The van der Waals surface area contributed by atoms with E-state index >= 15 is 0 Å². The summed E-state index contributed by atoms with van der Waals surface area (Å²) in [5.74, 6) is 0.00542. The number of hydrogen-bond acceptors (Lipinski definition) is 3. The molecule has 0 saturated carbocycles. The molecule has 5 heteroatoms. The van der Waals surface area contributed by atoms with Gasteiger partial charge in [0.15, 0.2) is 6.20 Å². The maximum atomic E-state index is 12.6.